The predicted octanol–water partition coefficient (Wildman–Crippen LogP) is 4.46. The number of nitrogens with one attached hydrogen (secondary N) is 1. The third-order valence-electron chi connectivity index (χ3n) is 4.44. The number of fused-ring (bicyclic) bond motifs is 1. The van der Waals surface area contributed by atoms with Gasteiger partial charge in [-0.2, -0.15) is 0 Å². The van der Waals surface area contributed by atoms with Crippen molar-refractivity contribution in [3.63, 3.8) is 0 Å². The topological polar surface area (TPSA) is 67.8 Å². The Labute approximate surface area is 166 Å². The van der Waals surface area contributed by atoms with Crippen LogP contribution in [-0.4, -0.2) is 26.8 Å². The molecule has 1 aromatic carbocycles. The lowest BCUT2D eigenvalue weighted by Gasteiger charge is -2.09. The lowest BCUT2D eigenvalue weighted by Crippen LogP contribution is -2.17. The van der Waals surface area contributed by atoms with Crippen LogP contribution in [0.1, 0.15) is 21.5 Å². The molecular formula is C19H11ClF4N4O. The number of hydrogen-bond donors (Lipinski definition) is 1. The largest absolute Gasteiger partial charge is 0.305 e. The zero-order chi connectivity index (χ0) is 20.8. The van der Waals surface area contributed by atoms with Gasteiger partial charge in [-0.3, -0.25) is 14.8 Å². The number of anilines is 1. The van der Waals surface area contributed by atoms with E-state index >= 15 is 0 Å². The summed E-state index contributed by atoms with van der Waals surface area (Å²) in [5.74, 6) is -6.15. The fourth-order valence-corrected chi connectivity index (χ4v) is 3.43. The first-order chi connectivity index (χ1) is 13.7. The molecule has 3 aromatic rings. The number of halogens is 5. The van der Waals surface area contributed by atoms with E-state index in [0.29, 0.717) is 34.8 Å². The summed E-state index contributed by atoms with van der Waals surface area (Å²) in [6, 6.07) is 3.03. The maximum Gasteiger partial charge on any atom is 0.262 e. The van der Waals surface area contributed by atoms with E-state index in [9.17, 15) is 22.4 Å². The summed E-state index contributed by atoms with van der Waals surface area (Å²) >= 11 is 6.20. The monoisotopic (exact) mass is 422 g/mol. The van der Waals surface area contributed by atoms with Gasteiger partial charge < -0.3 is 5.32 Å². The summed E-state index contributed by atoms with van der Waals surface area (Å²) < 4.78 is 54.5. The second kappa shape index (κ2) is 7.07. The van der Waals surface area contributed by atoms with Gasteiger partial charge in [0.15, 0.2) is 17.5 Å². The van der Waals surface area contributed by atoms with Gasteiger partial charge in [-0.15, -0.1) is 0 Å². The van der Waals surface area contributed by atoms with Crippen LogP contribution in [0.2, 0.25) is 5.02 Å². The average molecular weight is 423 g/mol. The Kier molecular flexibility index (Phi) is 4.70. The van der Waals surface area contributed by atoms with Crippen molar-refractivity contribution in [2.24, 2.45) is 0 Å². The van der Waals surface area contributed by atoms with Gasteiger partial charge in [0.2, 0.25) is 0 Å². The van der Waals surface area contributed by atoms with Crippen molar-refractivity contribution in [1.82, 2.24) is 15.0 Å². The molecule has 1 N–H and O–H groups in total. The maximum absolute atomic E-state index is 13.6. The van der Waals surface area contributed by atoms with Crippen LogP contribution in [0, 0.1) is 11.6 Å². The minimum Gasteiger partial charge on any atom is -0.305 e. The van der Waals surface area contributed by atoms with Crippen molar-refractivity contribution >= 4 is 23.3 Å². The summed E-state index contributed by atoms with van der Waals surface area (Å²) in [5.41, 5.74) is 0.889. The molecule has 5 nitrogen and oxygen atoms in total. The van der Waals surface area contributed by atoms with Crippen LogP contribution in [0.5, 0.6) is 0 Å². The van der Waals surface area contributed by atoms with E-state index in [1.54, 1.807) is 6.07 Å². The van der Waals surface area contributed by atoms with E-state index in [0.717, 1.165) is 0 Å². The second-order valence-corrected chi connectivity index (χ2v) is 6.94. The zero-order valence-electron chi connectivity index (χ0n) is 14.5. The van der Waals surface area contributed by atoms with E-state index < -0.39 is 29.0 Å². The number of carbonyl (C=O) groups is 1. The molecule has 148 valence electrons. The van der Waals surface area contributed by atoms with Gasteiger partial charge in [-0.05, 0) is 23.3 Å². The molecule has 0 saturated carbocycles. The van der Waals surface area contributed by atoms with Gasteiger partial charge in [0.1, 0.15) is 5.56 Å². The third kappa shape index (κ3) is 3.77. The van der Waals surface area contributed by atoms with E-state index in [1.165, 1.54) is 18.5 Å². The molecule has 0 fully saturated rings. The van der Waals surface area contributed by atoms with Gasteiger partial charge in [0, 0.05) is 18.4 Å². The van der Waals surface area contributed by atoms with Gasteiger partial charge in [0.25, 0.3) is 11.8 Å². The van der Waals surface area contributed by atoms with Crippen LogP contribution in [0.3, 0.4) is 0 Å². The number of alkyl halides is 2. The molecule has 0 aliphatic heterocycles. The van der Waals surface area contributed by atoms with Crippen molar-refractivity contribution in [2.45, 2.75) is 18.8 Å². The van der Waals surface area contributed by atoms with Crippen LogP contribution in [-0.2, 0) is 12.8 Å². The van der Waals surface area contributed by atoms with E-state index in [-0.39, 0.29) is 23.7 Å². The number of nitrogens with zero attached hydrogens (tertiary/aromatic N) is 3. The van der Waals surface area contributed by atoms with Gasteiger partial charge in [0.05, 0.1) is 35.5 Å². The van der Waals surface area contributed by atoms with Gasteiger partial charge in [-0.1, -0.05) is 11.6 Å². The van der Waals surface area contributed by atoms with Gasteiger partial charge in [-0.25, -0.2) is 22.5 Å². The summed E-state index contributed by atoms with van der Waals surface area (Å²) in [4.78, 5) is 23.5. The minimum atomic E-state index is -2.80. The van der Waals surface area contributed by atoms with Crippen molar-refractivity contribution in [2.75, 3.05) is 5.32 Å². The van der Waals surface area contributed by atoms with Gasteiger partial charge >= 0.3 is 0 Å². The average Bonchev–Trinajstić information content (AvgIpc) is 2.94. The Morgan fingerprint density at radius 2 is 1.66 bits per heavy atom. The fourth-order valence-electron chi connectivity index (χ4n) is 3.14. The highest BCUT2D eigenvalue weighted by molar-refractivity contribution is 6.33. The Morgan fingerprint density at radius 1 is 1.00 bits per heavy atom. The lowest BCUT2D eigenvalue weighted by molar-refractivity contribution is 0.0130. The molecule has 1 aliphatic rings. The lowest BCUT2D eigenvalue weighted by atomic mass is 10.0. The number of benzene rings is 1. The molecule has 10 heteroatoms. The first-order valence-electron chi connectivity index (χ1n) is 8.35. The van der Waals surface area contributed by atoms with Crippen molar-refractivity contribution in [1.29, 1.82) is 0 Å². The number of hydrogen-bond acceptors (Lipinski definition) is 4. The standard InChI is InChI=1S/C19H11ClF4N4O/c20-12-2-10-4-19(23,24)3-9(10)1-11(12)15-7-27-16(8-26-15)28-18(29)17-13(21)5-25-6-14(17)22/h1-2,5-8H,3-4H2,(H,27,28,29). The Bertz CT molecular complexity index is 1100. The normalized spacial score (nSPS) is 14.5. The van der Waals surface area contributed by atoms with Crippen LogP contribution in [0.25, 0.3) is 11.3 Å². The van der Waals surface area contributed by atoms with Crippen molar-refractivity contribution in [3.05, 3.63) is 70.3 Å². The number of pyridine rings is 1. The minimum absolute atomic E-state index is 0.0572. The highest BCUT2D eigenvalue weighted by atomic mass is 35.5. The summed E-state index contributed by atoms with van der Waals surface area (Å²) in [6.45, 7) is 0. The predicted molar refractivity (Wildman–Crippen MR) is 96.9 cm³/mol. The molecule has 4 rings (SSSR count). The van der Waals surface area contributed by atoms with E-state index in [2.05, 4.69) is 20.3 Å². The Morgan fingerprint density at radius 3 is 2.28 bits per heavy atom. The molecule has 2 heterocycles. The third-order valence-corrected chi connectivity index (χ3v) is 4.75. The van der Waals surface area contributed by atoms with Crippen LogP contribution >= 0.6 is 11.6 Å². The van der Waals surface area contributed by atoms with Crippen LogP contribution in [0.4, 0.5) is 23.4 Å². The highest BCUT2D eigenvalue weighted by Crippen LogP contribution is 2.39. The molecule has 29 heavy (non-hydrogen) atoms. The first kappa shape index (κ1) is 19.3. The molecule has 0 unspecified atom stereocenters. The molecule has 2 aromatic heterocycles. The SMILES string of the molecule is O=C(Nc1cnc(-c2cc3c(cc2Cl)CC(F)(F)C3)cn1)c1c(F)cncc1F. The Hall–Kier alpha value is -3.07. The number of amides is 1. The van der Waals surface area contributed by atoms with Crippen LogP contribution < -0.4 is 5.32 Å². The maximum atomic E-state index is 13.6. The smallest absolute Gasteiger partial charge is 0.262 e. The molecule has 0 spiro atoms. The molecular weight excluding hydrogens is 412 g/mol. The van der Waals surface area contributed by atoms with E-state index in [4.69, 9.17) is 11.6 Å². The summed E-state index contributed by atoms with van der Waals surface area (Å²) in [6.07, 6.45) is 3.13. The molecule has 0 bridgehead atoms. The van der Waals surface area contributed by atoms with Crippen LogP contribution in [0.15, 0.2) is 36.9 Å². The highest BCUT2D eigenvalue weighted by Gasteiger charge is 2.37. The molecule has 1 aliphatic carbocycles. The van der Waals surface area contributed by atoms with E-state index in [1.807, 2.05) is 0 Å². The first-order valence-corrected chi connectivity index (χ1v) is 8.73. The molecule has 0 saturated heterocycles. The quantitative estimate of drug-likeness (QED) is 0.633. The number of carbonyl (C=O) groups excluding carboxylic acids is 1. The number of rotatable bonds is 3. The number of aromatic nitrogens is 3. The summed E-state index contributed by atoms with van der Waals surface area (Å²) in [5, 5.41) is 2.48. The molecule has 1 amide bonds. The molecule has 0 atom stereocenters. The Balaban J connectivity index is 1.57. The molecule has 0 radical (unpaired) electrons. The second-order valence-electron chi connectivity index (χ2n) is 6.53. The fraction of sp³-hybridized carbons (Fsp3) is 0.158. The zero-order valence-corrected chi connectivity index (χ0v) is 15.3. The summed E-state index contributed by atoms with van der Waals surface area (Å²) in [7, 11) is 0. The van der Waals surface area contributed by atoms with Crippen molar-refractivity contribution < 1.29 is 22.4 Å². The van der Waals surface area contributed by atoms with Crippen molar-refractivity contribution in [3.8, 4) is 11.3 Å².